The van der Waals surface area contributed by atoms with Gasteiger partial charge in [-0.2, -0.15) is 11.8 Å². The smallest absolute Gasteiger partial charge is 0.171 e. The van der Waals surface area contributed by atoms with Crippen LogP contribution in [0.3, 0.4) is 0 Å². The van der Waals surface area contributed by atoms with E-state index in [-0.39, 0.29) is 0 Å². The maximum absolute atomic E-state index is 5.97. The van der Waals surface area contributed by atoms with Gasteiger partial charge >= 0.3 is 0 Å². The monoisotopic (exact) mass is 229 g/mol. The molecule has 1 atom stereocenters. The van der Waals surface area contributed by atoms with Crippen LogP contribution in [0.4, 0.5) is 5.82 Å². The Hall–Kier alpha value is -0.480. The summed E-state index contributed by atoms with van der Waals surface area (Å²) in [4.78, 5) is 10.5. The minimum absolute atomic E-state index is 0.509. The number of aromatic nitrogens is 2. The van der Waals surface area contributed by atoms with Gasteiger partial charge in [-0.3, -0.25) is 0 Å². The van der Waals surface area contributed by atoms with Crippen LogP contribution in [0.25, 0.3) is 0 Å². The Morgan fingerprint density at radius 2 is 2.29 bits per heavy atom. The van der Waals surface area contributed by atoms with Crippen molar-refractivity contribution in [2.24, 2.45) is 0 Å². The molecule has 14 heavy (non-hydrogen) atoms. The fourth-order valence-corrected chi connectivity index (χ4v) is 2.53. The van der Waals surface area contributed by atoms with E-state index in [1.165, 1.54) is 6.42 Å². The zero-order chi connectivity index (χ0) is 9.97. The van der Waals surface area contributed by atoms with Gasteiger partial charge in [-0.1, -0.05) is 11.6 Å². The van der Waals surface area contributed by atoms with E-state index in [4.69, 9.17) is 11.6 Å². The molecule has 1 aromatic rings. The summed E-state index contributed by atoms with van der Waals surface area (Å²) in [6.07, 6.45) is 6.65. The van der Waals surface area contributed by atoms with Crippen molar-refractivity contribution in [1.29, 1.82) is 0 Å². The van der Waals surface area contributed by atoms with Crippen LogP contribution in [0.1, 0.15) is 6.42 Å². The van der Waals surface area contributed by atoms with Crippen LogP contribution in [0, 0.1) is 0 Å². The summed E-state index contributed by atoms with van der Waals surface area (Å²) in [5, 5.41) is 1.21. The summed E-state index contributed by atoms with van der Waals surface area (Å²) in [6, 6.07) is 0. The molecule has 2 rings (SSSR count). The summed E-state index contributed by atoms with van der Waals surface area (Å²) < 4.78 is 0. The van der Waals surface area contributed by atoms with Gasteiger partial charge in [0.15, 0.2) is 11.0 Å². The second kappa shape index (κ2) is 4.36. The molecular weight excluding hydrogens is 218 g/mol. The maximum Gasteiger partial charge on any atom is 0.171 e. The van der Waals surface area contributed by atoms with E-state index in [0.29, 0.717) is 10.4 Å². The van der Waals surface area contributed by atoms with Gasteiger partial charge in [0.2, 0.25) is 0 Å². The van der Waals surface area contributed by atoms with Gasteiger partial charge < -0.3 is 4.90 Å². The summed E-state index contributed by atoms with van der Waals surface area (Å²) >= 11 is 7.88. The highest BCUT2D eigenvalue weighted by molar-refractivity contribution is 7.99. The molecule has 3 nitrogen and oxygen atoms in total. The number of halogens is 1. The molecule has 0 aliphatic carbocycles. The molecule has 1 fully saturated rings. The van der Waals surface area contributed by atoms with Gasteiger partial charge in [0.25, 0.3) is 0 Å². The number of rotatable bonds is 2. The van der Waals surface area contributed by atoms with Gasteiger partial charge in [0, 0.05) is 30.7 Å². The first-order chi connectivity index (χ1) is 6.81. The first-order valence-electron chi connectivity index (χ1n) is 4.55. The lowest BCUT2D eigenvalue weighted by Gasteiger charge is -2.17. The molecule has 1 unspecified atom stereocenters. The number of nitrogens with zero attached hydrogens (tertiary/aromatic N) is 3. The van der Waals surface area contributed by atoms with Gasteiger partial charge in [0.1, 0.15) is 0 Å². The third kappa shape index (κ3) is 1.96. The average Bonchev–Trinajstić information content (AvgIpc) is 2.67. The van der Waals surface area contributed by atoms with Crippen LogP contribution in [-0.2, 0) is 0 Å². The Kier molecular flexibility index (Phi) is 3.13. The van der Waals surface area contributed by atoms with Crippen LogP contribution in [-0.4, -0.2) is 34.6 Å². The maximum atomic E-state index is 5.97. The second-order valence-corrected chi connectivity index (χ2v) is 4.76. The zero-order valence-electron chi connectivity index (χ0n) is 7.98. The van der Waals surface area contributed by atoms with E-state index >= 15 is 0 Å². The Morgan fingerprint density at radius 3 is 2.93 bits per heavy atom. The van der Waals surface area contributed by atoms with Crippen LogP contribution in [0.5, 0.6) is 0 Å². The van der Waals surface area contributed by atoms with E-state index in [9.17, 15) is 0 Å². The molecular formula is C9H12ClN3S. The third-order valence-corrected chi connectivity index (χ3v) is 3.73. The van der Waals surface area contributed by atoms with Gasteiger partial charge in [-0.05, 0) is 12.7 Å². The molecule has 5 heteroatoms. The molecule has 1 aliphatic heterocycles. The summed E-state index contributed by atoms with van der Waals surface area (Å²) in [6.45, 7) is 2.06. The highest BCUT2D eigenvalue weighted by atomic mass is 35.5. The Bertz CT molecular complexity index is 321. The predicted molar refractivity (Wildman–Crippen MR) is 61.2 cm³/mol. The molecule has 0 bridgehead atoms. The standard InChI is InChI=1S/C9H12ClN3S/c1-14-7-2-5-13(6-7)9-8(10)11-3-4-12-9/h3-4,7H,2,5-6H2,1H3. The van der Waals surface area contributed by atoms with E-state index in [1.807, 2.05) is 11.8 Å². The zero-order valence-corrected chi connectivity index (χ0v) is 9.55. The molecule has 0 spiro atoms. The Balaban J connectivity index is 2.13. The quantitative estimate of drug-likeness (QED) is 0.777. The largest absolute Gasteiger partial charge is 0.353 e. The minimum atomic E-state index is 0.509. The third-order valence-electron chi connectivity index (χ3n) is 2.41. The summed E-state index contributed by atoms with van der Waals surface area (Å²) in [5.74, 6) is 0.825. The van der Waals surface area contributed by atoms with Crippen molar-refractivity contribution in [1.82, 2.24) is 9.97 Å². The highest BCUT2D eigenvalue weighted by Crippen LogP contribution is 2.27. The lowest BCUT2D eigenvalue weighted by atomic mass is 10.4. The lowest BCUT2D eigenvalue weighted by molar-refractivity contribution is 0.927. The van der Waals surface area contributed by atoms with Crippen molar-refractivity contribution in [2.75, 3.05) is 24.2 Å². The summed E-state index contributed by atoms with van der Waals surface area (Å²) in [7, 11) is 0. The van der Waals surface area contributed by atoms with Crippen LogP contribution in [0.15, 0.2) is 12.4 Å². The molecule has 0 saturated carbocycles. The van der Waals surface area contributed by atoms with Crippen LogP contribution >= 0.6 is 23.4 Å². The lowest BCUT2D eigenvalue weighted by Crippen LogP contribution is -2.21. The van der Waals surface area contributed by atoms with Crippen molar-refractivity contribution in [2.45, 2.75) is 11.7 Å². The van der Waals surface area contributed by atoms with Crippen molar-refractivity contribution in [3.8, 4) is 0 Å². The molecule has 0 aromatic carbocycles. The number of thioether (sulfide) groups is 1. The second-order valence-electron chi connectivity index (χ2n) is 3.26. The number of anilines is 1. The van der Waals surface area contributed by atoms with E-state index in [0.717, 1.165) is 18.9 Å². The van der Waals surface area contributed by atoms with Gasteiger partial charge in [-0.25, -0.2) is 9.97 Å². The first-order valence-corrected chi connectivity index (χ1v) is 6.22. The molecule has 1 saturated heterocycles. The topological polar surface area (TPSA) is 29.0 Å². The van der Waals surface area contributed by atoms with Crippen molar-refractivity contribution in [3.63, 3.8) is 0 Å². The molecule has 1 aliphatic rings. The molecule has 0 N–H and O–H groups in total. The fourth-order valence-electron chi connectivity index (χ4n) is 1.64. The SMILES string of the molecule is CSC1CCN(c2nccnc2Cl)C1. The van der Waals surface area contributed by atoms with Gasteiger partial charge in [0.05, 0.1) is 0 Å². The van der Waals surface area contributed by atoms with Gasteiger partial charge in [-0.15, -0.1) is 0 Å². The van der Waals surface area contributed by atoms with Crippen molar-refractivity contribution >= 4 is 29.2 Å². The minimum Gasteiger partial charge on any atom is -0.353 e. The highest BCUT2D eigenvalue weighted by Gasteiger charge is 2.24. The molecule has 0 radical (unpaired) electrons. The van der Waals surface area contributed by atoms with Crippen molar-refractivity contribution in [3.05, 3.63) is 17.5 Å². The number of hydrogen-bond donors (Lipinski definition) is 0. The van der Waals surface area contributed by atoms with E-state index in [1.54, 1.807) is 12.4 Å². The van der Waals surface area contributed by atoms with E-state index < -0.39 is 0 Å². The predicted octanol–water partition coefficient (Wildman–Crippen LogP) is 2.07. The van der Waals surface area contributed by atoms with Crippen LogP contribution in [0.2, 0.25) is 5.15 Å². The number of hydrogen-bond acceptors (Lipinski definition) is 4. The average molecular weight is 230 g/mol. The molecule has 76 valence electrons. The Labute approximate surface area is 92.9 Å². The van der Waals surface area contributed by atoms with Crippen molar-refractivity contribution < 1.29 is 0 Å². The first kappa shape index (κ1) is 10.1. The summed E-state index contributed by atoms with van der Waals surface area (Å²) in [5.41, 5.74) is 0. The van der Waals surface area contributed by atoms with E-state index in [2.05, 4.69) is 21.1 Å². The fraction of sp³-hybridized carbons (Fsp3) is 0.556. The van der Waals surface area contributed by atoms with Crippen LogP contribution < -0.4 is 4.90 Å². The molecule has 2 heterocycles. The Morgan fingerprint density at radius 1 is 1.50 bits per heavy atom. The molecule has 0 amide bonds. The normalized spacial score (nSPS) is 21.6. The molecule has 1 aromatic heterocycles.